The summed E-state index contributed by atoms with van der Waals surface area (Å²) in [6.45, 7) is 6.73. The molecule has 5 nitrogen and oxygen atoms in total. The number of hydrogen-bond donors (Lipinski definition) is 0. The predicted octanol–water partition coefficient (Wildman–Crippen LogP) is 1.75. The molecular formula is C14H25NO4. The fourth-order valence-corrected chi connectivity index (χ4v) is 2.19. The Kier molecular flexibility index (Phi) is 5.79. The van der Waals surface area contributed by atoms with Gasteiger partial charge in [-0.1, -0.05) is 0 Å². The number of esters is 1. The van der Waals surface area contributed by atoms with E-state index in [4.69, 9.17) is 9.47 Å². The van der Waals surface area contributed by atoms with Crippen molar-refractivity contribution in [2.24, 2.45) is 0 Å². The highest BCUT2D eigenvalue weighted by atomic mass is 16.6. The van der Waals surface area contributed by atoms with E-state index in [-0.39, 0.29) is 11.9 Å². The zero-order valence-corrected chi connectivity index (χ0v) is 12.4. The van der Waals surface area contributed by atoms with Crippen LogP contribution in [0.4, 0.5) is 0 Å². The number of ether oxygens (including phenoxy) is 2. The van der Waals surface area contributed by atoms with E-state index >= 15 is 0 Å². The van der Waals surface area contributed by atoms with Gasteiger partial charge in [-0.15, -0.1) is 0 Å². The minimum Gasteiger partial charge on any atom is -0.458 e. The van der Waals surface area contributed by atoms with E-state index in [1.165, 1.54) is 0 Å². The molecule has 1 aliphatic rings. The quantitative estimate of drug-likeness (QED) is 0.564. The minimum absolute atomic E-state index is 0.0189. The number of carbonyl (C=O) groups excluding carboxylic acids is 2. The third-order valence-electron chi connectivity index (χ3n) is 2.99. The Morgan fingerprint density at radius 2 is 2.00 bits per heavy atom. The maximum atomic E-state index is 12.1. The monoisotopic (exact) mass is 271 g/mol. The van der Waals surface area contributed by atoms with Crippen LogP contribution < -0.4 is 0 Å². The molecule has 0 aromatic rings. The lowest BCUT2D eigenvalue weighted by molar-refractivity contribution is -0.163. The molecule has 0 aliphatic carbocycles. The Balaban J connectivity index is 2.53. The van der Waals surface area contributed by atoms with Crippen LogP contribution in [0.2, 0.25) is 0 Å². The van der Waals surface area contributed by atoms with Gasteiger partial charge in [0.1, 0.15) is 11.6 Å². The first kappa shape index (κ1) is 16.0. The van der Waals surface area contributed by atoms with Crippen molar-refractivity contribution in [3.05, 3.63) is 0 Å². The number of methoxy groups -OCH3 is 1. The standard InChI is InChI=1S/C14H25NO4/c1-14(2,3)19-13(17)11-7-5-9-15(11)12(16)8-6-10-18-4/h11H,5-10H2,1-4H3/t11-/m0/s1. The lowest BCUT2D eigenvalue weighted by Gasteiger charge is -2.27. The maximum absolute atomic E-state index is 12.1. The number of rotatable bonds is 5. The van der Waals surface area contributed by atoms with Crippen molar-refractivity contribution in [1.29, 1.82) is 0 Å². The van der Waals surface area contributed by atoms with E-state index < -0.39 is 11.6 Å². The number of amides is 1. The van der Waals surface area contributed by atoms with Gasteiger partial charge >= 0.3 is 5.97 Å². The molecule has 0 radical (unpaired) electrons. The van der Waals surface area contributed by atoms with E-state index in [2.05, 4.69) is 0 Å². The van der Waals surface area contributed by atoms with Gasteiger partial charge in [0.25, 0.3) is 0 Å². The second kappa shape index (κ2) is 6.89. The van der Waals surface area contributed by atoms with Gasteiger partial charge in [0, 0.05) is 26.7 Å². The Morgan fingerprint density at radius 3 is 2.58 bits per heavy atom. The molecule has 1 amide bonds. The highest BCUT2D eigenvalue weighted by Gasteiger charge is 2.36. The summed E-state index contributed by atoms with van der Waals surface area (Å²) in [7, 11) is 1.61. The summed E-state index contributed by atoms with van der Waals surface area (Å²) < 4.78 is 10.3. The molecule has 1 heterocycles. The molecular weight excluding hydrogens is 246 g/mol. The average Bonchev–Trinajstić information content (AvgIpc) is 2.75. The molecule has 1 saturated heterocycles. The van der Waals surface area contributed by atoms with Crippen LogP contribution in [0.1, 0.15) is 46.5 Å². The summed E-state index contributed by atoms with van der Waals surface area (Å²) in [6, 6.07) is -0.408. The Labute approximate surface area is 115 Å². The molecule has 0 saturated carbocycles. The Bertz CT molecular complexity index is 322. The zero-order chi connectivity index (χ0) is 14.5. The largest absolute Gasteiger partial charge is 0.458 e. The molecule has 0 aromatic heterocycles. The fourth-order valence-electron chi connectivity index (χ4n) is 2.19. The van der Waals surface area contributed by atoms with E-state index in [1.807, 2.05) is 20.8 Å². The summed E-state index contributed by atoms with van der Waals surface area (Å²) in [5.74, 6) is -0.268. The molecule has 19 heavy (non-hydrogen) atoms. The summed E-state index contributed by atoms with van der Waals surface area (Å²) in [4.78, 5) is 25.8. The Morgan fingerprint density at radius 1 is 1.32 bits per heavy atom. The molecule has 1 aliphatic heterocycles. The molecule has 0 spiro atoms. The summed E-state index contributed by atoms with van der Waals surface area (Å²) in [6.07, 6.45) is 2.67. The van der Waals surface area contributed by atoms with Crippen molar-refractivity contribution in [3.8, 4) is 0 Å². The van der Waals surface area contributed by atoms with E-state index in [9.17, 15) is 9.59 Å². The zero-order valence-electron chi connectivity index (χ0n) is 12.4. The second-order valence-electron chi connectivity index (χ2n) is 5.87. The molecule has 5 heteroatoms. The average molecular weight is 271 g/mol. The first-order valence-electron chi connectivity index (χ1n) is 6.86. The van der Waals surface area contributed by atoms with Crippen LogP contribution >= 0.6 is 0 Å². The molecule has 1 rings (SSSR count). The van der Waals surface area contributed by atoms with Gasteiger partial charge in [0.05, 0.1) is 0 Å². The van der Waals surface area contributed by atoms with Gasteiger partial charge in [0.15, 0.2) is 0 Å². The van der Waals surface area contributed by atoms with Gasteiger partial charge in [-0.25, -0.2) is 4.79 Å². The van der Waals surface area contributed by atoms with Crippen molar-refractivity contribution >= 4 is 11.9 Å². The van der Waals surface area contributed by atoms with Crippen LogP contribution in [0.25, 0.3) is 0 Å². The molecule has 110 valence electrons. The van der Waals surface area contributed by atoms with Gasteiger partial charge in [0.2, 0.25) is 5.91 Å². The van der Waals surface area contributed by atoms with Crippen LogP contribution in [0.15, 0.2) is 0 Å². The van der Waals surface area contributed by atoms with Crippen LogP contribution in [0, 0.1) is 0 Å². The highest BCUT2D eigenvalue weighted by Crippen LogP contribution is 2.22. The lowest BCUT2D eigenvalue weighted by atomic mass is 10.1. The van der Waals surface area contributed by atoms with Gasteiger partial charge in [-0.2, -0.15) is 0 Å². The minimum atomic E-state index is -0.509. The molecule has 0 unspecified atom stereocenters. The number of likely N-dealkylation sites (tertiary alicyclic amines) is 1. The molecule has 0 bridgehead atoms. The van der Waals surface area contributed by atoms with Gasteiger partial charge < -0.3 is 14.4 Å². The van der Waals surface area contributed by atoms with Crippen molar-refractivity contribution in [3.63, 3.8) is 0 Å². The Hall–Kier alpha value is -1.10. The van der Waals surface area contributed by atoms with E-state index in [0.29, 0.717) is 32.4 Å². The van der Waals surface area contributed by atoms with Crippen molar-refractivity contribution in [2.75, 3.05) is 20.3 Å². The summed E-state index contributed by atoms with van der Waals surface area (Å²) in [5.41, 5.74) is -0.509. The molecule has 0 aromatic carbocycles. The maximum Gasteiger partial charge on any atom is 0.329 e. The van der Waals surface area contributed by atoms with Crippen LogP contribution in [-0.4, -0.2) is 48.7 Å². The van der Waals surface area contributed by atoms with Gasteiger partial charge in [-0.05, 0) is 40.0 Å². The number of hydrogen-bond acceptors (Lipinski definition) is 4. The van der Waals surface area contributed by atoms with E-state index in [0.717, 1.165) is 6.42 Å². The number of nitrogens with zero attached hydrogens (tertiary/aromatic N) is 1. The topological polar surface area (TPSA) is 55.8 Å². The van der Waals surface area contributed by atoms with Crippen LogP contribution in [0.3, 0.4) is 0 Å². The third kappa shape index (κ3) is 5.19. The first-order valence-corrected chi connectivity index (χ1v) is 6.86. The summed E-state index contributed by atoms with van der Waals surface area (Å²) in [5, 5.41) is 0. The molecule has 1 fully saturated rings. The SMILES string of the molecule is COCCCC(=O)N1CCC[C@H]1C(=O)OC(C)(C)C. The molecule has 1 atom stereocenters. The van der Waals surface area contributed by atoms with Crippen molar-refractivity contribution in [2.45, 2.75) is 58.1 Å². The smallest absolute Gasteiger partial charge is 0.329 e. The summed E-state index contributed by atoms with van der Waals surface area (Å²) >= 11 is 0. The second-order valence-corrected chi connectivity index (χ2v) is 5.87. The normalized spacial score (nSPS) is 19.6. The predicted molar refractivity (Wildman–Crippen MR) is 71.7 cm³/mol. The lowest BCUT2D eigenvalue weighted by Crippen LogP contribution is -2.43. The highest BCUT2D eigenvalue weighted by molar-refractivity contribution is 5.85. The fraction of sp³-hybridized carbons (Fsp3) is 0.857. The van der Waals surface area contributed by atoms with E-state index in [1.54, 1.807) is 12.0 Å². The molecule has 0 N–H and O–H groups in total. The van der Waals surface area contributed by atoms with Crippen molar-refractivity contribution < 1.29 is 19.1 Å². The van der Waals surface area contributed by atoms with Crippen molar-refractivity contribution in [1.82, 2.24) is 4.90 Å². The van der Waals surface area contributed by atoms with Gasteiger partial charge in [-0.3, -0.25) is 4.79 Å². The first-order chi connectivity index (χ1) is 8.85. The van der Waals surface area contributed by atoms with Crippen LogP contribution in [-0.2, 0) is 19.1 Å². The third-order valence-corrected chi connectivity index (χ3v) is 2.99. The number of carbonyl (C=O) groups is 2. The van der Waals surface area contributed by atoms with Crippen LogP contribution in [0.5, 0.6) is 0 Å².